The molecule has 0 saturated heterocycles. The second-order valence-corrected chi connectivity index (χ2v) is 16.3. The maximum Gasteiger partial charge on any atom is 0.306 e. The zero-order chi connectivity index (χ0) is 45.8. The Labute approximate surface area is 387 Å². The van der Waals surface area contributed by atoms with E-state index in [1.54, 1.807) is 0 Å². The number of allylic oxidation sites excluding steroid dienone is 18. The van der Waals surface area contributed by atoms with Gasteiger partial charge in [-0.3, -0.25) is 14.4 Å². The molecule has 0 aromatic carbocycles. The fourth-order valence-electron chi connectivity index (χ4n) is 6.48. The molecule has 0 heterocycles. The molecule has 0 aliphatic rings. The van der Waals surface area contributed by atoms with Crippen LogP contribution < -0.4 is 0 Å². The molecule has 0 aliphatic carbocycles. The van der Waals surface area contributed by atoms with Gasteiger partial charge in [0.15, 0.2) is 6.10 Å². The average molecular weight is 873 g/mol. The molecular weight excluding hydrogens is 781 g/mol. The third kappa shape index (κ3) is 49.0. The molecule has 0 unspecified atom stereocenters. The Hall–Kier alpha value is -3.93. The topological polar surface area (TPSA) is 78.9 Å². The zero-order valence-corrected chi connectivity index (χ0v) is 40.5. The summed E-state index contributed by atoms with van der Waals surface area (Å²) >= 11 is 0. The first-order chi connectivity index (χ1) is 31.0. The minimum absolute atomic E-state index is 0.113. The number of carbonyl (C=O) groups is 3. The lowest BCUT2D eigenvalue weighted by atomic mass is 10.1. The Bertz CT molecular complexity index is 1330. The maximum atomic E-state index is 12.8. The van der Waals surface area contributed by atoms with Crippen molar-refractivity contribution in [1.82, 2.24) is 0 Å². The van der Waals surface area contributed by atoms with Crippen LogP contribution in [0.5, 0.6) is 0 Å². The largest absolute Gasteiger partial charge is 0.462 e. The standard InChI is InChI=1S/C57H92O6/c1-4-7-10-13-16-19-22-25-27-28-30-33-36-39-42-45-48-51-57(60)63-54(52-61-55(58)49-46-43-40-37-34-31-24-21-18-15-12-9-6-3)53-62-56(59)50-47-44-41-38-35-32-29-26-23-20-17-14-11-8-5-2/h7-8,10-11,16-17,19-21,24-27,29-30,33,39,42,54H,4-6,9,12-15,18,22-23,28,31-32,34-38,40-41,43-53H2,1-3H3/b10-7-,11-8-,19-16-,20-17-,24-21-,27-25-,29-26-,33-30-,42-39-/t54-/m0/s1. The van der Waals surface area contributed by atoms with Crippen LogP contribution in [0.25, 0.3) is 0 Å². The van der Waals surface area contributed by atoms with E-state index in [1.165, 1.54) is 38.5 Å². The summed E-state index contributed by atoms with van der Waals surface area (Å²) in [5.74, 6) is -1.00. The van der Waals surface area contributed by atoms with Crippen LogP contribution in [0.2, 0.25) is 0 Å². The van der Waals surface area contributed by atoms with E-state index in [2.05, 4.69) is 130 Å². The Kier molecular flexibility index (Phi) is 47.5. The number of hydrogen-bond acceptors (Lipinski definition) is 6. The van der Waals surface area contributed by atoms with Crippen LogP contribution in [0.3, 0.4) is 0 Å². The summed E-state index contributed by atoms with van der Waals surface area (Å²) in [6.45, 7) is 6.31. The van der Waals surface area contributed by atoms with E-state index in [-0.39, 0.29) is 37.5 Å². The first-order valence-electron chi connectivity index (χ1n) is 25.4. The van der Waals surface area contributed by atoms with Crippen molar-refractivity contribution in [3.8, 4) is 0 Å². The predicted molar refractivity (Wildman–Crippen MR) is 270 cm³/mol. The van der Waals surface area contributed by atoms with Gasteiger partial charge in [0.05, 0.1) is 0 Å². The number of hydrogen-bond donors (Lipinski definition) is 0. The van der Waals surface area contributed by atoms with Gasteiger partial charge in [0, 0.05) is 19.3 Å². The van der Waals surface area contributed by atoms with Crippen molar-refractivity contribution in [3.05, 3.63) is 109 Å². The van der Waals surface area contributed by atoms with Gasteiger partial charge in [-0.25, -0.2) is 0 Å². The molecule has 0 aromatic rings. The fourth-order valence-corrected chi connectivity index (χ4v) is 6.48. The molecule has 1 atom stereocenters. The predicted octanol–water partition coefficient (Wildman–Crippen LogP) is 16.8. The molecule has 0 spiro atoms. The van der Waals surface area contributed by atoms with Gasteiger partial charge in [0.2, 0.25) is 0 Å². The Balaban J connectivity index is 4.54. The summed E-state index contributed by atoms with van der Waals surface area (Å²) in [5, 5.41) is 0. The zero-order valence-electron chi connectivity index (χ0n) is 40.5. The summed E-state index contributed by atoms with van der Waals surface area (Å²) in [7, 11) is 0. The summed E-state index contributed by atoms with van der Waals surface area (Å²) in [5.41, 5.74) is 0. The van der Waals surface area contributed by atoms with E-state index in [0.717, 1.165) is 128 Å². The Morgan fingerprint density at radius 3 is 1.03 bits per heavy atom. The second kappa shape index (κ2) is 50.7. The van der Waals surface area contributed by atoms with E-state index in [0.29, 0.717) is 19.3 Å². The third-order valence-corrected chi connectivity index (χ3v) is 10.2. The number of carbonyl (C=O) groups excluding carboxylic acids is 3. The quantitative estimate of drug-likeness (QED) is 0.0263. The summed E-state index contributed by atoms with van der Waals surface area (Å²) in [6, 6.07) is 0. The number of esters is 3. The lowest BCUT2D eigenvalue weighted by molar-refractivity contribution is -0.167. The van der Waals surface area contributed by atoms with Gasteiger partial charge >= 0.3 is 17.9 Å². The van der Waals surface area contributed by atoms with Crippen molar-refractivity contribution in [2.24, 2.45) is 0 Å². The van der Waals surface area contributed by atoms with Crippen LogP contribution in [0.15, 0.2) is 109 Å². The lowest BCUT2D eigenvalue weighted by Gasteiger charge is -2.18. The molecule has 0 fully saturated rings. The van der Waals surface area contributed by atoms with Crippen LogP contribution >= 0.6 is 0 Å². The molecule has 0 rings (SSSR count). The SMILES string of the molecule is CC/C=C\C/C=C\C/C=C\C/C=C\C/C=C\CCCC(=O)O[C@H](COC(=O)CCCCCCC/C=C\C/C=C\C/C=C\CC)COC(=O)CCCCCCC/C=C\CCCCCC. The maximum absolute atomic E-state index is 12.8. The summed E-state index contributed by atoms with van der Waals surface area (Å²) in [4.78, 5) is 37.9. The van der Waals surface area contributed by atoms with Crippen molar-refractivity contribution >= 4 is 17.9 Å². The van der Waals surface area contributed by atoms with Crippen LogP contribution in [0, 0.1) is 0 Å². The van der Waals surface area contributed by atoms with Crippen LogP contribution in [-0.2, 0) is 28.6 Å². The van der Waals surface area contributed by atoms with Gasteiger partial charge in [0.25, 0.3) is 0 Å². The lowest BCUT2D eigenvalue weighted by Crippen LogP contribution is -2.30. The minimum atomic E-state index is -0.819. The molecule has 0 bridgehead atoms. The van der Waals surface area contributed by atoms with Gasteiger partial charge in [0.1, 0.15) is 13.2 Å². The molecular formula is C57H92O6. The molecule has 6 nitrogen and oxygen atoms in total. The fraction of sp³-hybridized carbons (Fsp3) is 0.632. The summed E-state index contributed by atoms with van der Waals surface area (Å²) < 4.78 is 16.7. The van der Waals surface area contributed by atoms with Crippen molar-refractivity contribution in [2.45, 2.75) is 219 Å². The van der Waals surface area contributed by atoms with Crippen molar-refractivity contribution < 1.29 is 28.6 Å². The molecule has 0 N–H and O–H groups in total. The first-order valence-corrected chi connectivity index (χ1v) is 25.4. The van der Waals surface area contributed by atoms with E-state index in [4.69, 9.17) is 14.2 Å². The van der Waals surface area contributed by atoms with E-state index >= 15 is 0 Å². The number of rotatable bonds is 44. The molecule has 356 valence electrons. The molecule has 6 heteroatoms. The van der Waals surface area contributed by atoms with Gasteiger partial charge in [-0.05, 0) is 116 Å². The molecule has 63 heavy (non-hydrogen) atoms. The molecule has 0 amide bonds. The van der Waals surface area contributed by atoms with Crippen LogP contribution in [0.4, 0.5) is 0 Å². The molecule has 0 aromatic heterocycles. The highest BCUT2D eigenvalue weighted by Crippen LogP contribution is 2.12. The second-order valence-electron chi connectivity index (χ2n) is 16.3. The average Bonchev–Trinajstić information content (AvgIpc) is 3.28. The monoisotopic (exact) mass is 873 g/mol. The van der Waals surface area contributed by atoms with E-state index < -0.39 is 6.10 Å². The van der Waals surface area contributed by atoms with Gasteiger partial charge in [-0.15, -0.1) is 0 Å². The van der Waals surface area contributed by atoms with Gasteiger partial charge in [-0.1, -0.05) is 188 Å². The van der Waals surface area contributed by atoms with E-state index in [9.17, 15) is 14.4 Å². The normalized spacial score (nSPS) is 13.0. The van der Waals surface area contributed by atoms with Crippen molar-refractivity contribution in [1.29, 1.82) is 0 Å². The van der Waals surface area contributed by atoms with Gasteiger partial charge < -0.3 is 14.2 Å². The third-order valence-electron chi connectivity index (χ3n) is 10.2. The minimum Gasteiger partial charge on any atom is -0.462 e. The highest BCUT2D eigenvalue weighted by Gasteiger charge is 2.19. The number of ether oxygens (including phenoxy) is 3. The molecule has 0 saturated carbocycles. The molecule has 0 radical (unpaired) electrons. The Morgan fingerprint density at radius 1 is 0.333 bits per heavy atom. The van der Waals surface area contributed by atoms with Gasteiger partial charge in [-0.2, -0.15) is 0 Å². The highest BCUT2D eigenvalue weighted by atomic mass is 16.6. The van der Waals surface area contributed by atoms with Crippen LogP contribution in [-0.4, -0.2) is 37.2 Å². The van der Waals surface area contributed by atoms with Crippen LogP contribution in [0.1, 0.15) is 213 Å². The van der Waals surface area contributed by atoms with Crippen molar-refractivity contribution in [3.63, 3.8) is 0 Å². The number of unbranched alkanes of at least 4 members (excludes halogenated alkanes) is 15. The van der Waals surface area contributed by atoms with E-state index in [1.807, 2.05) is 0 Å². The highest BCUT2D eigenvalue weighted by molar-refractivity contribution is 5.71. The van der Waals surface area contributed by atoms with Crippen molar-refractivity contribution in [2.75, 3.05) is 13.2 Å². The Morgan fingerprint density at radius 2 is 0.635 bits per heavy atom. The molecule has 0 aliphatic heterocycles. The first kappa shape index (κ1) is 59.1. The summed E-state index contributed by atoms with van der Waals surface area (Å²) in [6.07, 6.45) is 67.9. The smallest absolute Gasteiger partial charge is 0.306 e.